The first-order valence-corrected chi connectivity index (χ1v) is 28.5. The number of ether oxygens (including phenoxy) is 12. The summed E-state index contributed by atoms with van der Waals surface area (Å²) in [6, 6.07) is -7.01. The van der Waals surface area contributed by atoms with Gasteiger partial charge in [0, 0.05) is 27.7 Å². The summed E-state index contributed by atoms with van der Waals surface area (Å²) in [5.74, 6) is -3.41. The summed E-state index contributed by atoms with van der Waals surface area (Å²) in [6.45, 7) is -4.32. The van der Waals surface area contributed by atoms with Gasteiger partial charge in [-0.25, -0.2) is 0 Å². The van der Waals surface area contributed by atoms with E-state index < -0.39 is 285 Å². The highest BCUT2D eigenvalue weighted by molar-refractivity contribution is 5.74. The zero-order valence-electron chi connectivity index (χ0n) is 48.8. The fourth-order valence-electron chi connectivity index (χ4n) is 11.2. The van der Waals surface area contributed by atoms with Crippen LogP contribution < -0.4 is 21.3 Å². The van der Waals surface area contributed by atoms with Crippen molar-refractivity contribution in [3.8, 4) is 0 Å². The van der Waals surface area contributed by atoms with Gasteiger partial charge in [-0.1, -0.05) is 0 Å². The van der Waals surface area contributed by atoms with E-state index in [1.807, 2.05) is 0 Å². The molecule has 0 radical (unpaired) electrons. The predicted molar refractivity (Wildman–Crippen MR) is 280 cm³/mol. The summed E-state index contributed by atoms with van der Waals surface area (Å²) in [5, 5.41) is 226. The number of carbonyl (C=O) groups is 4. The van der Waals surface area contributed by atoms with Crippen LogP contribution in [0.1, 0.15) is 27.7 Å². The normalized spacial score (nSPS) is 43.9. The van der Waals surface area contributed by atoms with E-state index in [-0.39, 0.29) is 0 Å². The molecule has 6 heterocycles. The summed E-state index contributed by atoms with van der Waals surface area (Å²) in [7, 11) is 0. The summed E-state index contributed by atoms with van der Waals surface area (Å²) in [4.78, 5) is 50.0. The predicted octanol–water partition coefficient (Wildman–Crippen LogP) is -16.1. The van der Waals surface area contributed by atoms with Crippen molar-refractivity contribution in [3.63, 3.8) is 0 Å². The summed E-state index contributed by atoms with van der Waals surface area (Å²) in [5.41, 5.74) is 0. The van der Waals surface area contributed by atoms with Gasteiger partial charge in [0.15, 0.2) is 37.7 Å². The van der Waals surface area contributed by atoms with E-state index in [4.69, 9.17) is 56.8 Å². The largest absolute Gasteiger partial charge is 0.394 e. The number of rotatable bonds is 27. The van der Waals surface area contributed by atoms with Gasteiger partial charge in [-0.15, -0.1) is 0 Å². The third kappa shape index (κ3) is 17.4. The number of hydrogen-bond donors (Lipinski definition) is 24. The Morgan fingerprint density at radius 2 is 0.667 bits per heavy atom. The average Bonchev–Trinajstić information content (AvgIpc) is 0.811. The monoisotopic (exact) mass is 1320 g/mol. The Kier molecular flexibility index (Phi) is 28.4. The van der Waals surface area contributed by atoms with E-state index in [2.05, 4.69) is 21.3 Å². The Balaban J connectivity index is 1.22. The Morgan fingerprint density at radius 3 is 0.989 bits per heavy atom. The molecule has 0 aromatic carbocycles. The first-order valence-electron chi connectivity index (χ1n) is 28.5. The van der Waals surface area contributed by atoms with Crippen molar-refractivity contribution in [1.29, 1.82) is 0 Å². The van der Waals surface area contributed by atoms with Gasteiger partial charge >= 0.3 is 0 Å². The fourth-order valence-corrected chi connectivity index (χ4v) is 11.2. The zero-order chi connectivity index (χ0) is 66.9. The molecule has 0 aromatic rings. The second-order valence-electron chi connectivity index (χ2n) is 22.3. The highest BCUT2D eigenvalue weighted by Gasteiger charge is 2.59. The first kappa shape index (κ1) is 75.6. The van der Waals surface area contributed by atoms with Crippen LogP contribution >= 0.6 is 0 Å². The molecular formula is C50H86N4O36. The van der Waals surface area contributed by atoms with E-state index in [0.717, 1.165) is 27.7 Å². The molecule has 6 fully saturated rings. The number of hydrogen-bond acceptors (Lipinski definition) is 36. The van der Waals surface area contributed by atoms with Crippen LogP contribution in [-0.2, 0) is 76.0 Å². The fraction of sp³-hybridized carbons (Fsp3) is 0.920. The molecule has 0 aromatic heterocycles. The molecule has 6 aliphatic rings. The lowest BCUT2D eigenvalue weighted by Gasteiger charge is -2.51. The summed E-state index contributed by atoms with van der Waals surface area (Å²) < 4.78 is 69.9. The lowest BCUT2D eigenvalue weighted by Crippen LogP contribution is -2.71. The van der Waals surface area contributed by atoms with E-state index in [1.165, 1.54) is 0 Å². The Bertz CT molecular complexity index is 2260. The number of aliphatic hydroxyl groups excluding tert-OH is 20. The van der Waals surface area contributed by atoms with E-state index in [1.54, 1.807) is 0 Å². The standard InChI is InChI=1S/C50H86N4O36/c1-13(63)51-17(5-55)39(28(68)18(67)6-56)85-45-25(52-14(2)64)32(72)41(23(11-61)82-45)87-49-37(77)44(31(71)20(8-58)80-49)90-47-27(54-16(4)66)34(74)42(24(12-62)84-47)88-50-38(78)43(30(70)21(9-59)81-50)89-46-26(53-15(3)65)33(73)40(22(10-60)83-46)86-48-36(76)35(75)29(69)19(7-57)79-48/h17-50,55-62,67-78H,5-12H2,1-4H3,(H,51,63)(H,52,64)(H,53,65)(H,54,66)/t17-,18+,19+,20+,21+,22+,23+,24+,25+,26+,27+,28-,29-,30-,31-,32+,33+,34+,35-,36+,37+,38+,39+,40+,41+,42+,43-,44-,45-,46-,47-,48-,49-,50-/m0/s1. The van der Waals surface area contributed by atoms with Crippen LogP contribution in [0.3, 0.4) is 0 Å². The lowest BCUT2D eigenvalue weighted by molar-refractivity contribution is -0.386. The van der Waals surface area contributed by atoms with Crippen molar-refractivity contribution in [2.24, 2.45) is 0 Å². The number of carbonyl (C=O) groups excluding carboxylic acids is 4. The van der Waals surface area contributed by atoms with Gasteiger partial charge in [0.2, 0.25) is 23.6 Å². The smallest absolute Gasteiger partial charge is 0.217 e. The van der Waals surface area contributed by atoms with Crippen molar-refractivity contribution in [3.05, 3.63) is 0 Å². The van der Waals surface area contributed by atoms with Crippen LogP contribution in [-0.4, -0.2) is 387 Å². The first-order chi connectivity index (χ1) is 42.5. The van der Waals surface area contributed by atoms with Gasteiger partial charge in [0.25, 0.3) is 0 Å². The molecule has 0 saturated carbocycles. The van der Waals surface area contributed by atoms with Crippen molar-refractivity contribution in [1.82, 2.24) is 21.3 Å². The SMILES string of the molecule is CC(=O)N[C@H]1[C@H](O[C@H]2[C@@H](O)[C@@H](CO)O[C@@H](O[C@H]3[C@H](O)[C@@H](NC(C)=O)[C@H](O[C@H]4[C@@H](O)[C@@H](CO)O[C@@H](O[C@H]5[C@H](O)[C@@H](NC(C)=O)[C@H](O[C@@H]([C@@H](O)[C@H](O)CO)[C@H](CO)NC(C)=O)O[C@@H]5CO)[C@@H]4O)O[C@@H]3CO)[C@@H]2O)O[C@H](CO)[C@@H](O[C@@H]2O[C@H](CO)[C@H](O)[C@H](O)[C@H]2O)[C@@H]1O. The number of aliphatic hydroxyl groups is 20. The molecule has 24 N–H and O–H groups in total. The molecular weight excluding hydrogens is 1230 g/mol. The summed E-state index contributed by atoms with van der Waals surface area (Å²) >= 11 is 0. The summed E-state index contributed by atoms with van der Waals surface area (Å²) in [6.07, 6.45) is -59.2. The van der Waals surface area contributed by atoms with Crippen LogP contribution in [0, 0.1) is 0 Å². The van der Waals surface area contributed by atoms with Gasteiger partial charge < -0.3 is 180 Å². The lowest BCUT2D eigenvalue weighted by atomic mass is 9.93. The molecule has 0 aliphatic carbocycles. The average molecular weight is 1320 g/mol. The Labute approximate surface area is 511 Å². The van der Waals surface area contributed by atoms with Gasteiger partial charge in [0.05, 0.1) is 58.9 Å². The molecule has 522 valence electrons. The van der Waals surface area contributed by atoms with Crippen LogP contribution in [0.25, 0.3) is 0 Å². The second-order valence-corrected chi connectivity index (χ2v) is 22.3. The quantitative estimate of drug-likeness (QED) is 0.0363. The number of amides is 4. The molecule has 6 saturated heterocycles. The molecule has 40 nitrogen and oxygen atoms in total. The van der Waals surface area contributed by atoms with Crippen molar-refractivity contribution in [2.75, 3.05) is 52.9 Å². The van der Waals surface area contributed by atoms with Crippen molar-refractivity contribution in [2.45, 2.75) is 236 Å². The molecule has 0 spiro atoms. The second kappa shape index (κ2) is 33.8. The molecule has 6 aliphatic heterocycles. The maximum Gasteiger partial charge on any atom is 0.217 e. The molecule has 40 heteroatoms. The van der Waals surface area contributed by atoms with Gasteiger partial charge in [-0.05, 0) is 0 Å². The Morgan fingerprint density at radius 1 is 0.356 bits per heavy atom. The molecule has 0 bridgehead atoms. The highest BCUT2D eigenvalue weighted by Crippen LogP contribution is 2.38. The van der Waals surface area contributed by atoms with E-state index >= 15 is 0 Å². The van der Waals surface area contributed by atoms with Gasteiger partial charge in [-0.3, -0.25) is 19.2 Å². The Hall–Kier alpha value is -3.40. The van der Waals surface area contributed by atoms with E-state index in [0.29, 0.717) is 0 Å². The van der Waals surface area contributed by atoms with Crippen LogP contribution in [0.2, 0.25) is 0 Å². The minimum absolute atomic E-state index is 0.768. The topological polar surface area (TPSA) is 632 Å². The molecule has 6 rings (SSSR count). The van der Waals surface area contributed by atoms with E-state index in [9.17, 15) is 121 Å². The highest BCUT2D eigenvalue weighted by atomic mass is 16.8. The molecule has 0 unspecified atom stereocenters. The number of nitrogens with one attached hydrogen (secondary N) is 4. The van der Waals surface area contributed by atoms with Crippen LogP contribution in [0.15, 0.2) is 0 Å². The molecule has 34 atom stereocenters. The van der Waals surface area contributed by atoms with Gasteiger partial charge in [0.1, 0.15) is 165 Å². The third-order valence-electron chi connectivity index (χ3n) is 15.8. The van der Waals surface area contributed by atoms with Gasteiger partial charge in [-0.2, -0.15) is 0 Å². The van der Waals surface area contributed by atoms with Crippen LogP contribution in [0.5, 0.6) is 0 Å². The van der Waals surface area contributed by atoms with Crippen molar-refractivity contribution < 1.29 is 178 Å². The molecule has 90 heavy (non-hydrogen) atoms. The minimum Gasteiger partial charge on any atom is -0.394 e. The maximum atomic E-state index is 12.8. The van der Waals surface area contributed by atoms with Crippen molar-refractivity contribution >= 4 is 23.6 Å². The maximum absolute atomic E-state index is 12.8. The van der Waals surface area contributed by atoms with Crippen LogP contribution in [0.4, 0.5) is 0 Å². The minimum atomic E-state index is -2.29. The molecule has 4 amide bonds. The zero-order valence-corrected chi connectivity index (χ0v) is 48.8. The third-order valence-corrected chi connectivity index (χ3v) is 15.8.